The van der Waals surface area contributed by atoms with Gasteiger partial charge in [0.05, 0.1) is 11.6 Å². The average Bonchev–Trinajstić information content (AvgIpc) is 2.97. The first-order valence-corrected chi connectivity index (χ1v) is 8.07. The van der Waals surface area contributed by atoms with E-state index >= 15 is 0 Å². The van der Waals surface area contributed by atoms with E-state index in [1.807, 2.05) is 0 Å². The Hall–Kier alpha value is -1.15. The van der Waals surface area contributed by atoms with E-state index in [1.54, 1.807) is 12.1 Å². The maximum absolute atomic E-state index is 12.7. The topological polar surface area (TPSA) is 53.3 Å². The number of hydrogen-bond acceptors (Lipinski definition) is 4. The maximum atomic E-state index is 12.7. The van der Waals surface area contributed by atoms with Gasteiger partial charge in [-0.25, -0.2) is 5.43 Å². The van der Waals surface area contributed by atoms with E-state index in [1.165, 1.54) is 0 Å². The van der Waals surface area contributed by atoms with Crippen LogP contribution in [0, 0.1) is 5.92 Å². The van der Waals surface area contributed by atoms with Crippen molar-refractivity contribution in [2.45, 2.75) is 31.1 Å². The number of hydrazine groups is 1. The van der Waals surface area contributed by atoms with Gasteiger partial charge in [-0.2, -0.15) is 13.2 Å². The van der Waals surface area contributed by atoms with Crippen molar-refractivity contribution in [2.75, 3.05) is 26.2 Å². The monoisotopic (exact) mass is 328 g/mol. The first-order valence-electron chi connectivity index (χ1n) is 8.07. The summed E-state index contributed by atoms with van der Waals surface area (Å²) in [5, 5.41) is 0. The first kappa shape index (κ1) is 16.7. The highest BCUT2D eigenvalue weighted by molar-refractivity contribution is 5.27. The lowest BCUT2D eigenvalue weighted by atomic mass is 9.93. The van der Waals surface area contributed by atoms with Crippen LogP contribution >= 0.6 is 0 Å². The molecule has 2 saturated heterocycles. The summed E-state index contributed by atoms with van der Waals surface area (Å²) >= 11 is 0. The number of nitrogens with zero attached hydrogens (tertiary/aromatic N) is 1. The molecule has 4 nitrogen and oxygen atoms in total. The van der Waals surface area contributed by atoms with Crippen LogP contribution in [0.15, 0.2) is 24.3 Å². The van der Waals surface area contributed by atoms with E-state index in [-0.39, 0.29) is 6.04 Å². The summed E-state index contributed by atoms with van der Waals surface area (Å²) in [7, 11) is 0. The number of likely N-dealkylation sites (tertiary alicyclic amines) is 1. The Balaban J connectivity index is 1.64. The van der Waals surface area contributed by atoms with Crippen LogP contribution in [0.25, 0.3) is 0 Å². The van der Waals surface area contributed by atoms with Gasteiger partial charge in [0.2, 0.25) is 0 Å². The molecule has 0 spiro atoms. The summed E-state index contributed by atoms with van der Waals surface area (Å²) in [6, 6.07) is 5.81. The number of alkyl halides is 3. The van der Waals surface area contributed by atoms with Crippen LogP contribution in [0.1, 0.15) is 30.0 Å². The average molecular weight is 328 g/mol. The molecule has 0 bridgehead atoms. The number of nitrogens with two attached hydrogens (primary N) is 1. The predicted molar refractivity (Wildman–Crippen MR) is 82.5 cm³/mol. The molecule has 3 rings (SSSR count). The summed E-state index contributed by atoms with van der Waals surface area (Å²) in [4.78, 5) is 2.40. The van der Waals surface area contributed by atoms with Gasteiger partial charge in [-0.15, -0.1) is 0 Å². The highest BCUT2D eigenvalue weighted by atomic mass is 19.4. The van der Waals surface area contributed by atoms with Crippen LogP contribution in [-0.4, -0.2) is 37.1 Å². The smallest absolute Gasteiger partial charge is 0.328 e. The molecule has 2 aliphatic rings. The molecular weight excluding hydrogens is 305 g/mol. The molecule has 2 atom stereocenters. The third-order valence-corrected chi connectivity index (χ3v) is 4.82. The zero-order valence-corrected chi connectivity index (χ0v) is 12.9. The second kappa shape index (κ2) is 6.76. The maximum Gasteiger partial charge on any atom is 0.416 e. The number of nitrogens with one attached hydrogen (secondary N) is 2. The lowest BCUT2D eigenvalue weighted by Gasteiger charge is -2.33. The van der Waals surface area contributed by atoms with Crippen molar-refractivity contribution in [3.63, 3.8) is 0 Å². The quantitative estimate of drug-likeness (QED) is 0.793. The molecule has 1 aromatic rings. The Kier molecular flexibility index (Phi) is 4.91. The van der Waals surface area contributed by atoms with Gasteiger partial charge in [0.15, 0.2) is 0 Å². The number of piperidine rings is 1. The normalized spacial score (nSPS) is 27.5. The van der Waals surface area contributed by atoms with Crippen LogP contribution in [0.5, 0.6) is 0 Å². The van der Waals surface area contributed by atoms with E-state index in [9.17, 15) is 13.2 Å². The summed E-state index contributed by atoms with van der Waals surface area (Å²) < 4.78 is 38.0. The SMILES string of the molecule is NC1CCN(CC2CNNC2c2ccc(C(F)(F)F)cc2)CC1. The number of halogens is 3. The molecule has 0 amide bonds. The van der Waals surface area contributed by atoms with E-state index in [4.69, 9.17) is 5.73 Å². The third-order valence-electron chi connectivity index (χ3n) is 4.82. The van der Waals surface area contributed by atoms with Gasteiger partial charge < -0.3 is 10.6 Å². The summed E-state index contributed by atoms with van der Waals surface area (Å²) in [5.41, 5.74) is 12.6. The molecular formula is C16H23F3N4. The summed E-state index contributed by atoms with van der Waals surface area (Å²) in [5.74, 6) is 0.334. The van der Waals surface area contributed by atoms with Crippen LogP contribution < -0.4 is 16.6 Å². The fraction of sp³-hybridized carbons (Fsp3) is 0.625. The molecule has 0 radical (unpaired) electrons. The van der Waals surface area contributed by atoms with Crippen molar-refractivity contribution in [3.8, 4) is 0 Å². The number of benzene rings is 1. The second-order valence-electron chi connectivity index (χ2n) is 6.52. The van der Waals surface area contributed by atoms with Gasteiger partial charge in [-0.1, -0.05) is 12.1 Å². The molecule has 2 aliphatic heterocycles. The Morgan fingerprint density at radius 2 is 1.78 bits per heavy atom. The molecule has 0 saturated carbocycles. The van der Waals surface area contributed by atoms with Gasteiger partial charge in [0.25, 0.3) is 0 Å². The van der Waals surface area contributed by atoms with E-state index in [2.05, 4.69) is 15.8 Å². The van der Waals surface area contributed by atoms with Crippen molar-refractivity contribution in [2.24, 2.45) is 11.7 Å². The van der Waals surface area contributed by atoms with Crippen molar-refractivity contribution in [1.29, 1.82) is 0 Å². The molecule has 0 aliphatic carbocycles. The molecule has 4 N–H and O–H groups in total. The van der Waals surface area contributed by atoms with Crippen LogP contribution in [0.2, 0.25) is 0 Å². The van der Waals surface area contributed by atoms with E-state index in [0.717, 1.165) is 56.7 Å². The molecule has 2 fully saturated rings. The Bertz CT molecular complexity index is 509. The second-order valence-corrected chi connectivity index (χ2v) is 6.52. The van der Waals surface area contributed by atoms with Crippen molar-refractivity contribution >= 4 is 0 Å². The Labute approximate surface area is 134 Å². The molecule has 23 heavy (non-hydrogen) atoms. The van der Waals surface area contributed by atoms with Gasteiger partial charge in [-0.05, 0) is 43.6 Å². The molecule has 1 aromatic carbocycles. The largest absolute Gasteiger partial charge is 0.416 e. The third kappa shape index (κ3) is 4.03. The molecule has 7 heteroatoms. The van der Waals surface area contributed by atoms with Crippen molar-refractivity contribution in [1.82, 2.24) is 15.8 Å². The van der Waals surface area contributed by atoms with Gasteiger partial charge in [-0.3, -0.25) is 5.43 Å². The molecule has 2 unspecified atom stereocenters. The molecule has 0 aromatic heterocycles. The fourth-order valence-corrected chi connectivity index (χ4v) is 3.41. The highest BCUT2D eigenvalue weighted by Crippen LogP contribution is 2.32. The Morgan fingerprint density at radius 3 is 2.39 bits per heavy atom. The standard InChI is InChI=1S/C16H23F3N4/c17-16(18,19)13-3-1-11(2-4-13)15-12(9-21-22-15)10-23-7-5-14(20)6-8-23/h1-4,12,14-15,21-22H,5-10,20H2. The fourth-order valence-electron chi connectivity index (χ4n) is 3.41. The lowest BCUT2D eigenvalue weighted by Crippen LogP contribution is -2.42. The van der Waals surface area contributed by atoms with Crippen LogP contribution in [0.3, 0.4) is 0 Å². The number of hydrogen-bond donors (Lipinski definition) is 3. The number of rotatable bonds is 3. The Morgan fingerprint density at radius 1 is 1.13 bits per heavy atom. The molecule has 2 heterocycles. The minimum absolute atomic E-state index is 0.0351. The summed E-state index contributed by atoms with van der Waals surface area (Å²) in [6.07, 6.45) is -2.26. The zero-order valence-electron chi connectivity index (χ0n) is 12.9. The van der Waals surface area contributed by atoms with Gasteiger partial charge >= 0.3 is 6.18 Å². The minimum atomic E-state index is -4.29. The van der Waals surface area contributed by atoms with Crippen molar-refractivity contribution < 1.29 is 13.2 Å². The van der Waals surface area contributed by atoms with Gasteiger partial charge in [0.1, 0.15) is 0 Å². The zero-order chi connectivity index (χ0) is 16.4. The summed E-state index contributed by atoms with van der Waals surface area (Å²) in [6.45, 7) is 3.74. The van der Waals surface area contributed by atoms with Crippen molar-refractivity contribution in [3.05, 3.63) is 35.4 Å². The lowest BCUT2D eigenvalue weighted by molar-refractivity contribution is -0.137. The highest BCUT2D eigenvalue weighted by Gasteiger charge is 2.33. The van der Waals surface area contributed by atoms with E-state index in [0.29, 0.717) is 12.0 Å². The van der Waals surface area contributed by atoms with Crippen LogP contribution in [-0.2, 0) is 6.18 Å². The minimum Gasteiger partial charge on any atom is -0.328 e. The first-order chi connectivity index (χ1) is 10.9. The van der Waals surface area contributed by atoms with Crippen LogP contribution in [0.4, 0.5) is 13.2 Å². The van der Waals surface area contributed by atoms with Gasteiger partial charge in [0, 0.05) is 25.0 Å². The predicted octanol–water partition coefficient (Wildman–Crippen LogP) is 1.89. The van der Waals surface area contributed by atoms with E-state index < -0.39 is 11.7 Å². The molecule has 128 valence electrons.